The van der Waals surface area contributed by atoms with E-state index in [0.29, 0.717) is 19.4 Å². The minimum absolute atomic E-state index is 0.251. The van der Waals surface area contributed by atoms with Crippen molar-refractivity contribution in [1.29, 1.82) is 0 Å². The first-order valence-electron chi connectivity index (χ1n) is 6.85. The van der Waals surface area contributed by atoms with Crippen LogP contribution >= 0.6 is 0 Å². The molecule has 108 valence electrons. The van der Waals surface area contributed by atoms with Crippen molar-refractivity contribution < 1.29 is 19.4 Å². The van der Waals surface area contributed by atoms with Crippen LogP contribution in [0, 0.1) is 0 Å². The second kappa shape index (κ2) is 7.05. The zero-order valence-corrected chi connectivity index (χ0v) is 11.2. The molecule has 5 nitrogen and oxygen atoms in total. The number of aryl methyl sites for hydroxylation is 1. The van der Waals surface area contributed by atoms with Gasteiger partial charge in [-0.05, 0) is 18.4 Å². The molecule has 5 heteroatoms. The molecule has 1 heterocycles. The number of benzene rings is 1. The van der Waals surface area contributed by atoms with E-state index in [9.17, 15) is 9.59 Å². The van der Waals surface area contributed by atoms with Crippen molar-refractivity contribution in [3.63, 3.8) is 0 Å². The maximum Gasteiger partial charge on any atom is 0.320 e. The van der Waals surface area contributed by atoms with Crippen molar-refractivity contribution in [1.82, 2.24) is 5.32 Å². The molecule has 1 aromatic rings. The minimum atomic E-state index is -0.896. The summed E-state index contributed by atoms with van der Waals surface area (Å²) in [5.41, 5.74) is 1.20. The first kappa shape index (κ1) is 14.5. The predicted octanol–water partition coefficient (Wildman–Crippen LogP) is 1.37. The monoisotopic (exact) mass is 277 g/mol. The van der Waals surface area contributed by atoms with Crippen LogP contribution in [0.2, 0.25) is 0 Å². The zero-order chi connectivity index (χ0) is 14.4. The first-order chi connectivity index (χ1) is 9.65. The third kappa shape index (κ3) is 4.35. The van der Waals surface area contributed by atoms with Gasteiger partial charge in [0.25, 0.3) is 0 Å². The van der Waals surface area contributed by atoms with Crippen LogP contribution in [-0.4, -0.2) is 35.7 Å². The number of hydrogen-bond acceptors (Lipinski definition) is 4. The third-order valence-corrected chi connectivity index (χ3v) is 3.38. The molecule has 0 aromatic heterocycles. The van der Waals surface area contributed by atoms with Crippen molar-refractivity contribution >= 4 is 11.9 Å². The molecule has 0 bridgehead atoms. The Morgan fingerprint density at radius 1 is 1.30 bits per heavy atom. The quantitative estimate of drug-likeness (QED) is 0.768. The van der Waals surface area contributed by atoms with E-state index < -0.39 is 12.0 Å². The van der Waals surface area contributed by atoms with Crippen LogP contribution in [0.4, 0.5) is 0 Å². The summed E-state index contributed by atoms with van der Waals surface area (Å²) in [6, 6.07) is 9.38. The van der Waals surface area contributed by atoms with Crippen LogP contribution in [-0.2, 0) is 20.7 Å². The topological polar surface area (TPSA) is 75.6 Å². The lowest BCUT2D eigenvalue weighted by molar-refractivity contribution is -0.149. The largest absolute Gasteiger partial charge is 0.480 e. The average Bonchev–Trinajstić information content (AvgIpc) is 2.88. The lowest BCUT2D eigenvalue weighted by Crippen LogP contribution is -2.30. The Bertz CT molecular complexity index is 460. The van der Waals surface area contributed by atoms with Crippen molar-refractivity contribution in [2.24, 2.45) is 0 Å². The summed E-state index contributed by atoms with van der Waals surface area (Å²) in [5, 5.41) is 11.6. The standard InChI is InChI=1S/C15H19NO4/c17-14(8-4-7-11-5-2-1-3-6-11)20-12-9-13(15(18)19)16-10-12/h1-3,5-6,12-13,16H,4,7-10H2,(H,18,19)/t12-,13-/m0/s1. The van der Waals surface area contributed by atoms with Gasteiger partial charge in [0.05, 0.1) is 0 Å². The lowest BCUT2D eigenvalue weighted by atomic mass is 10.1. The number of nitrogens with one attached hydrogen (secondary N) is 1. The van der Waals surface area contributed by atoms with Gasteiger partial charge in [-0.25, -0.2) is 0 Å². The number of esters is 1. The Hall–Kier alpha value is -1.88. The highest BCUT2D eigenvalue weighted by atomic mass is 16.5. The predicted molar refractivity (Wildman–Crippen MR) is 73.3 cm³/mol. The molecule has 0 amide bonds. The van der Waals surface area contributed by atoms with Crippen molar-refractivity contribution in [3.8, 4) is 0 Å². The van der Waals surface area contributed by atoms with Gasteiger partial charge in [-0.3, -0.25) is 9.59 Å². The summed E-state index contributed by atoms with van der Waals surface area (Å²) in [7, 11) is 0. The van der Waals surface area contributed by atoms with Gasteiger partial charge < -0.3 is 15.2 Å². The highest BCUT2D eigenvalue weighted by molar-refractivity contribution is 5.74. The van der Waals surface area contributed by atoms with E-state index in [2.05, 4.69) is 5.32 Å². The molecule has 0 saturated carbocycles. The molecule has 0 radical (unpaired) electrons. The molecule has 20 heavy (non-hydrogen) atoms. The Morgan fingerprint density at radius 2 is 2.05 bits per heavy atom. The van der Waals surface area contributed by atoms with Crippen molar-refractivity contribution in [3.05, 3.63) is 35.9 Å². The Kier molecular flexibility index (Phi) is 5.12. The molecule has 2 N–H and O–H groups in total. The Morgan fingerprint density at radius 3 is 2.70 bits per heavy atom. The summed E-state index contributed by atoms with van der Waals surface area (Å²) in [6.07, 6.45) is 1.98. The summed E-state index contributed by atoms with van der Waals surface area (Å²) >= 11 is 0. The van der Waals surface area contributed by atoms with Gasteiger partial charge in [-0.1, -0.05) is 30.3 Å². The van der Waals surface area contributed by atoms with E-state index in [1.165, 1.54) is 5.56 Å². The number of ether oxygens (including phenoxy) is 1. The second-order valence-electron chi connectivity index (χ2n) is 4.99. The summed E-state index contributed by atoms with van der Waals surface area (Å²) in [6.45, 7) is 0.418. The van der Waals surface area contributed by atoms with Crippen LogP contribution in [0.1, 0.15) is 24.8 Å². The zero-order valence-electron chi connectivity index (χ0n) is 11.2. The number of carbonyl (C=O) groups excluding carboxylic acids is 1. The van der Waals surface area contributed by atoms with Crippen molar-refractivity contribution in [2.75, 3.05) is 6.54 Å². The normalized spacial score (nSPS) is 21.6. The molecule has 0 spiro atoms. The number of carboxylic acid groups (broad SMARTS) is 1. The van der Waals surface area contributed by atoms with Crippen molar-refractivity contribution in [2.45, 2.75) is 37.8 Å². The van der Waals surface area contributed by atoms with Crippen LogP contribution in [0.3, 0.4) is 0 Å². The fourth-order valence-corrected chi connectivity index (χ4v) is 2.31. The van der Waals surface area contributed by atoms with Gasteiger partial charge >= 0.3 is 11.9 Å². The highest BCUT2D eigenvalue weighted by Gasteiger charge is 2.31. The van der Waals surface area contributed by atoms with Gasteiger partial charge in [0, 0.05) is 19.4 Å². The van der Waals surface area contributed by atoms with Crippen LogP contribution in [0.5, 0.6) is 0 Å². The molecule has 1 aliphatic rings. The van der Waals surface area contributed by atoms with E-state index in [1.54, 1.807) is 0 Å². The molecule has 1 aromatic carbocycles. The molecule has 1 fully saturated rings. The number of rotatable bonds is 6. The average molecular weight is 277 g/mol. The fraction of sp³-hybridized carbons (Fsp3) is 0.467. The summed E-state index contributed by atoms with van der Waals surface area (Å²) < 4.78 is 5.26. The number of carboxylic acids is 1. The molecule has 2 atom stereocenters. The third-order valence-electron chi connectivity index (χ3n) is 3.38. The van der Waals surface area contributed by atoms with E-state index in [1.807, 2.05) is 30.3 Å². The second-order valence-corrected chi connectivity index (χ2v) is 4.99. The fourth-order valence-electron chi connectivity index (χ4n) is 2.31. The maximum absolute atomic E-state index is 11.7. The number of hydrogen-bond donors (Lipinski definition) is 2. The molecule has 1 saturated heterocycles. The van der Waals surface area contributed by atoms with Crippen LogP contribution in [0.25, 0.3) is 0 Å². The minimum Gasteiger partial charge on any atom is -0.480 e. The first-order valence-corrected chi connectivity index (χ1v) is 6.85. The van der Waals surface area contributed by atoms with Gasteiger partial charge in [0.1, 0.15) is 12.1 Å². The molecule has 0 unspecified atom stereocenters. The molecule has 0 aliphatic carbocycles. The maximum atomic E-state index is 11.7. The smallest absolute Gasteiger partial charge is 0.320 e. The molecule has 2 rings (SSSR count). The van der Waals surface area contributed by atoms with E-state index in [-0.39, 0.29) is 12.1 Å². The lowest BCUT2D eigenvalue weighted by Gasteiger charge is -2.10. The molecule has 1 aliphatic heterocycles. The molecular formula is C15H19NO4. The van der Waals surface area contributed by atoms with E-state index in [0.717, 1.165) is 12.8 Å². The van der Waals surface area contributed by atoms with Gasteiger partial charge in [-0.2, -0.15) is 0 Å². The van der Waals surface area contributed by atoms with Gasteiger partial charge in [-0.15, -0.1) is 0 Å². The molecular weight excluding hydrogens is 258 g/mol. The van der Waals surface area contributed by atoms with Gasteiger partial charge in [0.2, 0.25) is 0 Å². The number of aliphatic carboxylic acids is 1. The summed E-state index contributed by atoms with van der Waals surface area (Å²) in [4.78, 5) is 22.4. The van der Waals surface area contributed by atoms with Crippen LogP contribution < -0.4 is 5.32 Å². The van der Waals surface area contributed by atoms with E-state index in [4.69, 9.17) is 9.84 Å². The van der Waals surface area contributed by atoms with Gasteiger partial charge in [0.15, 0.2) is 0 Å². The summed E-state index contributed by atoms with van der Waals surface area (Å²) in [5.74, 6) is -1.15. The number of carbonyl (C=O) groups is 2. The Balaban J connectivity index is 1.65. The Labute approximate surface area is 117 Å². The van der Waals surface area contributed by atoms with Crippen LogP contribution in [0.15, 0.2) is 30.3 Å². The SMILES string of the molecule is O=C(CCCc1ccccc1)O[C@@H]1CN[C@H](C(=O)O)C1. The van der Waals surface area contributed by atoms with E-state index >= 15 is 0 Å². The highest BCUT2D eigenvalue weighted by Crippen LogP contribution is 2.12.